The van der Waals surface area contributed by atoms with E-state index in [-0.39, 0.29) is 0 Å². The molecule has 116 valence electrons. The fraction of sp³-hybridized carbons (Fsp3) is 0.235. The summed E-state index contributed by atoms with van der Waals surface area (Å²) in [6, 6.07) is 16.1. The van der Waals surface area contributed by atoms with Crippen LogP contribution >= 0.6 is 28.1 Å². The molecule has 0 aromatic heterocycles. The van der Waals surface area contributed by atoms with Crippen LogP contribution in [0.4, 0.5) is 5.69 Å². The number of ether oxygens (including phenoxy) is 1. The number of rotatable bonds is 6. The second kappa shape index (κ2) is 8.76. The lowest BCUT2D eigenvalue weighted by atomic mass is 10.1. The molecule has 5 heteroatoms. The Hall–Kier alpha value is -1.59. The van der Waals surface area contributed by atoms with E-state index in [0.717, 1.165) is 28.9 Å². The van der Waals surface area contributed by atoms with Crippen LogP contribution in [-0.2, 0) is 6.42 Å². The lowest BCUT2D eigenvalue weighted by Gasteiger charge is -2.11. The standard InChI is InChI=1S/C17H19BrN2OS/c1-2-21-16-9-3-13(4-10-16)11-12-19-17(22)20-15-7-5-14(18)6-8-15/h3-10H,2,11-12H2,1H3,(H2,19,20,22). The predicted molar refractivity (Wildman–Crippen MR) is 99.7 cm³/mol. The van der Waals surface area contributed by atoms with Gasteiger partial charge in [-0.25, -0.2) is 0 Å². The molecule has 0 aliphatic carbocycles. The number of benzene rings is 2. The molecule has 0 atom stereocenters. The van der Waals surface area contributed by atoms with Crippen LogP contribution in [0.3, 0.4) is 0 Å². The van der Waals surface area contributed by atoms with Crippen LogP contribution < -0.4 is 15.4 Å². The third kappa shape index (κ3) is 5.66. The SMILES string of the molecule is CCOc1ccc(CCNC(=S)Nc2ccc(Br)cc2)cc1. The Morgan fingerprint density at radius 3 is 2.41 bits per heavy atom. The van der Waals surface area contributed by atoms with E-state index in [9.17, 15) is 0 Å². The smallest absolute Gasteiger partial charge is 0.170 e. The van der Waals surface area contributed by atoms with E-state index >= 15 is 0 Å². The first kappa shape index (κ1) is 16.8. The van der Waals surface area contributed by atoms with Gasteiger partial charge in [-0.2, -0.15) is 0 Å². The summed E-state index contributed by atoms with van der Waals surface area (Å²) in [6.45, 7) is 3.46. The highest BCUT2D eigenvalue weighted by atomic mass is 79.9. The first-order valence-corrected chi connectivity index (χ1v) is 8.39. The molecular formula is C17H19BrN2OS. The van der Waals surface area contributed by atoms with E-state index in [0.29, 0.717) is 11.7 Å². The van der Waals surface area contributed by atoms with E-state index < -0.39 is 0 Å². The quantitative estimate of drug-likeness (QED) is 0.730. The van der Waals surface area contributed by atoms with Crippen molar-refractivity contribution < 1.29 is 4.74 Å². The Morgan fingerprint density at radius 1 is 1.09 bits per heavy atom. The summed E-state index contributed by atoms with van der Waals surface area (Å²) in [5, 5.41) is 7.00. The first-order valence-electron chi connectivity index (χ1n) is 7.19. The van der Waals surface area contributed by atoms with Gasteiger partial charge in [0.25, 0.3) is 0 Å². The zero-order valence-corrected chi connectivity index (χ0v) is 14.8. The van der Waals surface area contributed by atoms with Gasteiger partial charge in [0.05, 0.1) is 6.61 Å². The summed E-state index contributed by atoms with van der Waals surface area (Å²) in [4.78, 5) is 0. The molecule has 0 aliphatic rings. The summed E-state index contributed by atoms with van der Waals surface area (Å²) in [5.41, 5.74) is 2.23. The normalized spacial score (nSPS) is 10.1. The van der Waals surface area contributed by atoms with E-state index in [4.69, 9.17) is 17.0 Å². The van der Waals surface area contributed by atoms with E-state index in [2.05, 4.69) is 38.7 Å². The molecule has 0 bridgehead atoms. The van der Waals surface area contributed by atoms with Crippen molar-refractivity contribution in [2.45, 2.75) is 13.3 Å². The van der Waals surface area contributed by atoms with Gasteiger partial charge in [-0.3, -0.25) is 0 Å². The molecule has 0 unspecified atom stereocenters. The molecule has 0 heterocycles. The molecule has 2 aromatic carbocycles. The topological polar surface area (TPSA) is 33.3 Å². The Bertz CT molecular complexity index is 599. The van der Waals surface area contributed by atoms with Gasteiger partial charge in [0.2, 0.25) is 0 Å². The molecular weight excluding hydrogens is 360 g/mol. The van der Waals surface area contributed by atoms with Crippen LogP contribution in [-0.4, -0.2) is 18.3 Å². The number of hydrogen-bond donors (Lipinski definition) is 2. The highest BCUT2D eigenvalue weighted by molar-refractivity contribution is 9.10. The number of thiocarbonyl (C=S) groups is 1. The fourth-order valence-corrected chi connectivity index (χ4v) is 2.43. The molecule has 22 heavy (non-hydrogen) atoms. The third-order valence-corrected chi connectivity index (χ3v) is 3.81. The highest BCUT2D eigenvalue weighted by Crippen LogP contribution is 2.14. The number of halogens is 1. The van der Waals surface area contributed by atoms with Gasteiger partial charge in [0.1, 0.15) is 5.75 Å². The predicted octanol–water partition coefficient (Wildman–Crippen LogP) is 4.38. The van der Waals surface area contributed by atoms with Crippen molar-refractivity contribution in [1.29, 1.82) is 0 Å². The maximum atomic E-state index is 5.43. The molecule has 2 aromatic rings. The molecule has 0 saturated heterocycles. The van der Waals surface area contributed by atoms with Gasteiger partial charge in [0.15, 0.2) is 5.11 Å². The Balaban J connectivity index is 1.73. The van der Waals surface area contributed by atoms with Gasteiger partial charge in [-0.05, 0) is 67.5 Å². The lowest BCUT2D eigenvalue weighted by molar-refractivity contribution is 0.340. The molecule has 0 spiro atoms. The molecule has 3 nitrogen and oxygen atoms in total. The molecule has 0 fully saturated rings. The Labute approximate surface area is 145 Å². The summed E-state index contributed by atoms with van der Waals surface area (Å²) < 4.78 is 6.48. The first-order chi connectivity index (χ1) is 10.7. The third-order valence-electron chi connectivity index (χ3n) is 3.04. The maximum Gasteiger partial charge on any atom is 0.170 e. The van der Waals surface area contributed by atoms with E-state index in [1.54, 1.807) is 0 Å². The Kier molecular flexibility index (Phi) is 6.68. The number of anilines is 1. The van der Waals surface area contributed by atoms with Crippen molar-refractivity contribution in [2.75, 3.05) is 18.5 Å². The van der Waals surface area contributed by atoms with Gasteiger partial charge in [0, 0.05) is 16.7 Å². The molecule has 2 rings (SSSR count). The van der Waals surface area contributed by atoms with Crippen LogP contribution in [0.2, 0.25) is 0 Å². The fourth-order valence-electron chi connectivity index (χ4n) is 1.95. The number of hydrogen-bond acceptors (Lipinski definition) is 2. The minimum atomic E-state index is 0.633. The van der Waals surface area contributed by atoms with Crippen LogP contribution in [0.5, 0.6) is 5.75 Å². The van der Waals surface area contributed by atoms with Crippen LogP contribution in [0.1, 0.15) is 12.5 Å². The zero-order chi connectivity index (χ0) is 15.8. The monoisotopic (exact) mass is 378 g/mol. The van der Waals surface area contributed by atoms with Crippen LogP contribution in [0.25, 0.3) is 0 Å². The van der Waals surface area contributed by atoms with Gasteiger partial charge in [-0.15, -0.1) is 0 Å². The summed E-state index contributed by atoms with van der Waals surface area (Å²) in [7, 11) is 0. The second-order valence-electron chi connectivity index (χ2n) is 4.71. The van der Waals surface area contributed by atoms with Crippen LogP contribution in [0, 0.1) is 0 Å². The Morgan fingerprint density at radius 2 is 1.77 bits per heavy atom. The highest BCUT2D eigenvalue weighted by Gasteiger charge is 1.99. The van der Waals surface area contributed by atoms with Crippen molar-refractivity contribution in [1.82, 2.24) is 5.32 Å². The van der Waals surface area contributed by atoms with E-state index in [1.807, 2.05) is 43.3 Å². The van der Waals surface area contributed by atoms with Gasteiger partial charge < -0.3 is 15.4 Å². The molecule has 0 radical (unpaired) electrons. The average molecular weight is 379 g/mol. The molecule has 0 saturated carbocycles. The minimum absolute atomic E-state index is 0.633. The van der Waals surface area contributed by atoms with Crippen molar-refractivity contribution >= 4 is 38.9 Å². The van der Waals surface area contributed by atoms with Crippen molar-refractivity contribution in [2.24, 2.45) is 0 Å². The molecule has 0 amide bonds. The average Bonchev–Trinajstić information content (AvgIpc) is 2.52. The minimum Gasteiger partial charge on any atom is -0.494 e. The summed E-state index contributed by atoms with van der Waals surface area (Å²) in [5.74, 6) is 0.909. The van der Waals surface area contributed by atoms with Crippen LogP contribution in [0.15, 0.2) is 53.0 Å². The van der Waals surface area contributed by atoms with Gasteiger partial charge in [-0.1, -0.05) is 28.1 Å². The largest absolute Gasteiger partial charge is 0.494 e. The molecule has 0 aliphatic heterocycles. The second-order valence-corrected chi connectivity index (χ2v) is 6.04. The van der Waals surface area contributed by atoms with Crippen molar-refractivity contribution in [3.63, 3.8) is 0 Å². The summed E-state index contributed by atoms with van der Waals surface area (Å²) >= 11 is 8.69. The zero-order valence-electron chi connectivity index (χ0n) is 12.4. The number of nitrogens with one attached hydrogen (secondary N) is 2. The maximum absolute atomic E-state index is 5.43. The summed E-state index contributed by atoms with van der Waals surface area (Å²) in [6.07, 6.45) is 0.911. The van der Waals surface area contributed by atoms with Crippen molar-refractivity contribution in [3.8, 4) is 5.75 Å². The van der Waals surface area contributed by atoms with Gasteiger partial charge >= 0.3 is 0 Å². The molecule has 2 N–H and O–H groups in total. The lowest BCUT2D eigenvalue weighted by Crippen LogP contribution is -2.30. The van der Waals surface area contributed by atoms with Crippen molar-refractivity contribution in [3.05, 3.63) is 58.6 Å². The van der Waals surface area contributed by atoms with E-state index in [1.165, 1.54) is 5.56 Å².